The molecule has 0 atom stereocenters. The third-order valence-corrected chi connectivity index (χ3v) is 3.36. The predicted molar refractivity (Wildman–Crippen MR) is 76.1 cm³/mol. The first-order valence-corrected chi connectivity index (χ1v) is 6.62. The van der Waals surface area contributed by atoms with E-state index in [2.05, 4.69) is 10.3 Å². The van der Waals surface area contributed by atoms with Crippen molar-refractivity contribution in [3.05, 3.63) is 23.4 Å². The Morgan fingerprint density at radius 2 is 1.95 bits per heavy atom. The van der Waals surface area contributed by atoms with E-state index in [-0.39, 0.29) is 24.7 Å². The molecule has 0 unspecified atom stereocenters. The molecule has 0 radical (unpaired) electrons. The van der Waals surface area contributed by atoms with Crippen molar-refractivity contribution in [1.82, 2.24) is 4.98 Å². The van der Waals surface area contributed by atoms with Crippen molar-refractivity contribution in [2.75, 3.05) is 18.5 Å². The minimum absolute atomic E-state index is 0.0779. The molecule has 0 amide bonds. The van der Waals surface area contributed by atoms with E-state index in [0.717, 1.165) is 0 Å². The topological polar surface area (TPSA) is 103 Å². The van der Waals surface area contributed by atoms with Gasteiger partial charge in [-0.25, -0.2) is 9.78 Å². The Bertz CT molecular complexity index is 462. The number of carboxylic acid groups (broad SMARTS) is 1. The van der Waals surface area contributed by atoms with E-state index in [1.54, 1.807) is 0 Å². The van der Waals surface area contributed by atoms with E-state index in [1.807, 2.05) is 20.8 Å². The van der Waals surface area contributed by atoms with Crippen LogP contribution in [-0.4, -0.2) is 45.0 Å². The second kappa shape index (κ2) is 6.67. The van der Waals surface area contributed by atoms with Gasteiger partial charge in [-0.1, -0.05) is 20.8 Å². The van der Waals surface area contributed by atoms with Gasteiger partial charge in [0.25, 0.3) is 0 Å². The van der Waals surface area contributed by atoms with Crippen molar-refractivity contribution in [1.29, 1.82) is 0 Å². The van der Waals surface area contributed by atoms with E-state index in [1.165, 1.54) is 12.1 Å². The number of pyridine rings is 1. The summed E-state index contributed by atoms with van der Waals surface area (Å²) in [6.45, 7) is 5.13. The van der Waals surface area contributed by atoms with Crippen molar-refractivity contribution in [3.63, 3.8) is 0 Å². The van der Waals surface area contributed by atoms with E-state index >= 15 is 0 Å². The first-order chi connectivity index (χ1) is 9.37. The van der Waals surface area contributed by atoms with Crippen LogP contribution in [0.15, 0.2) is 12.1 Å². The lowest BCUT2D eigenvalue weighted by Crippen LogP contribution is -2.45. The molecule has 1 aromatic rings. The highest BCUT2D eigenvalue weighted by molar-refractivity contribution is 5.88. The minimum atomic E-state index is -1.03. The summed E-state index contributed by atoms with van der Waals surface area (Å²) in [5, 5.41) is 30.9. The lowest BCUT2D eigenvalue weighted by molar-refractivity contribution is 0.0696. The van der Waals surface area contributed by atoms with Gasteiger partial charge in [-0.05, 0) is 24.5 Å². The average Bonchev–Trinajstić information content (AvgIpc) is 2.44. The second-order valence-corrected chi connectivity index (χ2v) is 5.20. The normalized spacial score (nSPS) is 11.7. The van der Waals surface area contributed by atoms with Gasteiger partial charge in [0.1, 0.15) is 5.82 Å². The quantitative estimate of drug-likeness (QED) is 0.603. The maximum absolute atomic E-state index is 11.1. The third kappa shape index (κ3) is 3.68. The summed E-state index contributed by atoms with van der Waals surface area (Å²) in [5.41, 5.74) is -0.126. The molecule has 0 spiro atoms. The second-order valence-electron chi connectivity index (χ2n) is 5.20. The van der Waals surface area contributed by atoms with E-state index in [9.17, 15) is 15.0 Å². The highest BCUT2D eigenvalue weighted by Gasteiger charge is 2.27. The van der Waals surface area contributed by atoms with Crippen LogP contribution >= 0.6 is 0 Å². The van der Waals surface area contributed by atoms with Gasteiger partial charge in [-0.2, -0.15) is 0 Å². The van der Waals surface area contributed by atoms with Gasteiger partial charge in [-0.3, -0.25) is 0 Å². The number of rotatable bonds is 7. The van der Waals surface area contributed by atoms with Gasteiger partial charge >= 0.3 is 5.97 Å². The van der Waals surface area contributed by atoms with Crippen LogP contribution in [0.3, 0.4) is 0 Å². The van der Waals surface area contributed by atoms with Crippen LogP contribution in [0.2, 0.25) is 0 Å². The molecule has 1 heterocycles. The average molecular weight is 282 g/mol. The molecule has 0 saturated carbocycles. The van der Waals surface area contributed by atoms with Crippen LogP contribution in [0.4, 0.5) is 5.82 Å². The number of aliphatic hydroxyl groups excluding tert-OH is 2. The number of aliphatic hydroxyl groups is 2. The zero-order valence-electron chi connectivity index (χ0n) is 12.1. The molecule has 0 aliphatic rings. The molecule has 0 fully saturated rings. The molecule has 6 heteroatoms. The number of anilines is 1. The summed E-state index contributed by atoms with van der Waals surface area (Å²) in [6, 6.07) is 2.94. The fraction of sp³-hybridized carbons (Fsp3) is 0.571. The molecule has 0 aliphatic heterocycles. The molecule has 112 valence electrons. The van der Waals surface area contributed by atoms with Crippen molar-refractivity contribution in [2.24, 2.45) is 0 Å². The number of aromatic nitrogens is 1. The van der Waals surface area contributed by atoms with Crippen LogP contribution in [-0.2, 0) is 0 Å². The van der Waals surface area contributed by atoms with Gasteiger partial charge in [0.2, 0.25) is 0 Å². The molecule has 0 bridgehead atoms. The van der Waals surface area contributed by atoms with Crippen LogP contribution in [0.5, 0.6) is 0 Å². The van der Waals surface area contributed by atoms with Gasteiger partial charge in [-0.15, -0.1) is 0 Å². The molecule has 20 heavy (non-hydrogen) atoms. The lowest BCUT2D eigenvalue weighted by atomic mass is 9.98. The molecule has 0 aromatic carbocycles. The molecule has 1 rings (SSSR count). The first-order valence-electron chi connectivity index (χ1n) is 6.62. The Balaban J connectivity index is 3.20. The highest BCUT2D eigenvalue weighted by atomic mass is 16.4. The number of nitrogens with zero attached hydrogens (tertiary/aromatic N) is 1. The third-order valence-electron chi connectivity index (χ3n) is 3.36. The summed E-state index contributed by atoms with van der Waals surface area (Å²) >= 11 is 0. The summed E-state index contributed by atoms with van der Waals surface area (Å²) in [5.74, 6) is -0.611. The molecular formula is C14H22N2O4. The van der Waals surface area contributed by atoms with Crippen LogP contribution < -0.4 is 5.32 Å². The maximum atomic E-state index is 11.1. The van der Waals surface area contributed by atoms with Crippen molar-refractivity contribution >= 4 is 11.8 Å². The number of carbonyl (C=O) groups is 1. The smallest absolute Gasteiger partial charge is 0.335 e. The number of hydrogen-bond acceptors (Lipinski definition) is 5. The largest absolute Gasteiger partial charge is 0.478 e. The number of aromatic carboxylic acids is 1. The maximum Gasteiger partial charge on any atom is 0.335 e. The first kappa shape index (κ1) is 16.4. The number of hydrogen-bond donors (Lipinski definition) is 4. The van der Waals surface area contributed by atoms with Gasteiger partial charge in [0.05, 0.1) is 24.3 Å². The molecule has 0 aliphatic carbocycles. The Kier molecular flexibility index (Phi) is 5.47. The number of carboxylic acids is 1. The van der Waals surface area contributed by atoms with Gasteiger partial charge in [0.15, 0.2) is 0 Å². The lowest BCUT2D eigenvalue weighted by Gasteiger charge is -2.30. The molecular weight excluding hydrogens is 260 g/mol. The fourth-order valence-corrected chi connectivity index (χ4v) is 1.75. The van der Waals surface area contributed by atoms with Crippen molar-refractivity contribution in [2.45, 2.75) is 38.6 Å². The summed E-state index contributed by atoms with van der Waals surface area (Å²) < 4.78 is 0. The van der Waals surface area contributed by atoms with E-state index in [4.69, 9.17) is 5.11 Å². The number of nitrogens with one attached hydrogen (secondary N) is 1. The summed E-state index contributed by atoms with van der Waals surface area (Å²) in [4.78, 5) is 15.5. The summed E-state index contributed by atoms with van der Waals surface area (Å²) in [6.07, 6.45) is 0.482. The minimum Gasteiger partial charge on any atom is -0.478 e. The standard InChI is InChI=1S/C14H22N2O4/c1-4-14(7-17,8-18)16-12-6-10(13(19)20)5-11(15-12)9(2)3/h5-6,9,17-18H,4,7-8H2,1-3H3,(H,15,16)(H,19,20). The Labute approximate surface area is 118 Å². The SMILES string of the molecule is CCC(CO)(CO)Nc1cc(C(=O)O)cc(C(C)C)n1. The fourth-order valence-electron chi connectivity index (χ4n) is 1.75. The monoisotopic (exact) mass is 282 g/mol. The van der Waals surface area contributed by atoms with E-state index in [0.29, 0.717) is 17.9 Å². The zero-order valence-corrected chi connectivity index (χ0v) is 12.1. The van der Waals surface area contributed by atoms with Crippen LogP contribution in [0, 0.1) is 0 Å². The molecule has 6 nitrogen and oxygen atoms in total. The Morgan fingerprint density at radius 3 is 2.35 bits per heavy atom. The van der Waals surface area contributed by atoms with Crippen molar-refractivity contribution < 1.29 is 20.1 Å². The molecule has 0 saturated heterocycles. The van der Waals surface area contributed by atoms with Crippen LogP contribution in [0.25, 0.3) is 0 Å². The van der Waals surface area contributed by atoms with Crippen LogP contribution in [0.1, 0.15) is 49.2 Å². The van der Waals surface area contributed by atoms with E-state index < -0.39 is 11.5 Å². The zero-order chi connectivity index (χ0) is 15.3. The van der Waals surface area contributed by atoms with Crippen molar-refractivity contribution in [3.8, 4) is 0 Å². The Morgan fingerprint density at radius 1 is 1.35 bits per heavy atom. The van der Waals surface area contributed by atoms with Gasteiger partial charge in [0, 0.05) is 5.69 Å². The molecule has 1 aromatic heterocycles. The molecule has 4 N–H and O–H groups in total. The van der Waals surface area contributed by atoms with Gasteiger partial charge < -0.3 is 20.6 Å². The summed E-state index contributed by atoms with van der Waals surface area (Å²) in [7, 11) is 0. The highest BCUT2D eigenvalue weighted by Crippen LogP contribution is 2.22. The predicted octanol–water partition coefficient (Wildman–Crippen LogP) is 1.45. The Hall–Kier alpha value is -1.66.